The standard InChI is InChI=1S/C27H35N3O4/c1-34-21-5-2-17(3-6-21)14-29-11-10-27(13-20(27)16-29)19-4-7-22-18(12-19)15-30(26(22)33)23-8-9-24(31)28-25(23)32/h4,7,12,17,20-21,23H,2-3,5-6,8-11,13-16H2,1H3,(H,28,31,32)/t17?,20-,21?,23?,27+/m0/s1. The number of piperidine rings is 2. The number of rotatable bonds is 5. The van der Waals surface area contributed by atoms with Crippen molar-refractivity contribution in [2.24, 2.45) is 11.8 Å². The summed E-state index contributed by atoms with van der Waals surface area (Å²) in [6, 6.07) is 5.83. The summed E-state index contributed by atoms with van der Waals surface area (Å²) in [5, 5.41) is 2.39. The number of hydrogen-bond acceptors (Lipinski definition) is 5. The van der Waals surface area contributed by atoms with E-state index in [1.807, 2.05) is 13.2 Å². The van der Waals surface area contributed by atoms with Gasteiger partial charge in [-0.25, -0.2) is 0 Å². The van der Waals surface area contributed by atoms with E-state index in [9.17, 15) is 14.4 Å². The van der Waals surface area contributed by atoms with Gasteiger partial charge in [-0.05, 0) is 80.5 Å². The van der Waals surface area contributed by atoms with E-state index in [0.29, 0.717) is 30.6 Å². The normalized spacial score (nSPS) is 35.7. The summed E-state index contributed by atoms with van der Waals surface area (Å²) in [7, 11) is 1.84. The summed E-state index contributed by atoms with van der Waals surface area (Å²) in [6.45, 7) is 4.02. The van der Waals surface area contributed by atoms with Gasteiger partial charge in [0.2, 0.25) is 11.8 Å². The van der Waals surface area contributed by atoms with Crippen molar-refractivity contribution in [3.05, 3.63) is 34.9 Å². The second-order valence-electron chi connectivity index (χ2n) is 11.2. The third-order valence-electron chi connectivity index (χ3n) is 9.33. The molecule has 7 heteroatoms. The molecular weight excluding hydrogens is 430 g/mol. The molecule has 2 aliphatic carbocycles. The molecule has 3 amide bonds. The molecule has 0 spiro atoms. The zero-order chi connectivity index (χ0) is 23.4. The first-order chi connectivity index (χ1) is 16.5. The number of methoxy groups -OCH3 is 1. The quantitative estimate of drug-likeness (QED) is 0.677. The first-order valence-corrected chi connectivity index (χ1v) is 13.0. The van der Waals surface area contributed by atoms with Crippen molar-refractivity contribution < 1.29 is 19.1 Å². The van der Waals surface area contributed by atoms with Gasteiger partial charge in [0.1, 0.15) is 6.04 Å². The molecule has 182 valence electrons. The molecule has 0 bridgehead atoms. The molecule has 7 nitrogen and oxygen atoms in total. The number of carbonyl (C=O) groups excluding carboxylic acids is 3. The van der Waals surface area contributed by atoms with Crippen LogP contribution < -0.4 is 5.32 Å². The van der Waals surface area contributed by atoms with E-state index in [4.69, 9.17) is 4.74 Å². The van der Waals surface area contributed by atoms with Crippen molar-refractivity contribution in [3.8, 4) is 0 Å². The molecule has 3 atom stereocenters. The molecular formula is C27H35N3O4. The van der Waals surface area contributed by atoms with Crippen molar-refractivity contribution in [2.75, 3.05) is 26.7 Å². The van der Waals surface area contributed by atoms with Crippen LogP contribution in [0.5, 0.6) is 0 Å². The first-order valence-electron chi connectivity index (χ1n) is 13.0. The van der Waals surface area contributed by atoms with Crippen molar-refractivity contribution in [2.45, 2.75) is 75.5 Å². The van der Waals surface area contributed by atoms with Crippen LogP contribution in [0.1, 0.15) is 72.9 Å². The Kier molecular flexibility index (Phi) is 5.52. The predicted molar refractivity (Wildman–Crippen MR) is 126 cm³/mol. The van der Waals surface area contributed by atoms with Crippen LogP contribution >= 0.6 is 0 Å². The Morgan fingerprint density at radius 3 is 2.68 bits per heavy atom. The molecule has 34 heavy (non-hydrogen) atoms. The van der Waals surface area contributed by atoms with Gasteiger partial charge >= 0.3 is 0 Å². The topological polar surface area (TPSA) is 79.0 Å². The van der Waals surface area contributed by atoms with Crippen LogP contribution in [-0.4, -0.2) is 66.4 Å². The van der Waals surface area contributed by atoms with Gasteiger partial charge in [-0.1, -0.05) is 12.1 Å². The second kappa shape index (κ2) is 8.45. The van der Waals surface area contributed by atoms with Crippen LogP contribution in [0.4, 0.5) is 0 Å². The zero-order valence-corrected chi connectivity index (χ0v) is 20.1. The van der Waals surface area contributed by atoms with Gasteiger partial charge < -0.3 is 14.5 Å². The first kappa shape index (κ1) is 22.2. The number of amides is 3. The molecule has 2 saturated heterocycles. The summed E-state index contributed by atoms with van der Waals surface area (Å²) >= 11 is 0. The number of likely N-dealkylation sites (tertiary alicyclic amines) is 1. The Bertz CT molecular complexity index is 1020. The SMILES string of the molecule is COC1CCC(CN2CC[C@]3(c4ccc5c(c4)CN(C4CCC(=O)NC4=O)C5=O)C[C@H]3C2)CC1. The highest BCUT2D eigenvalue weighted by molar-refractivity contribution is 6.05. The molecule has 3 aliphatic heterocycles. The number of fused-ring (bicyclic) bond motifs is 2. The van der Waals surface area contributed by atoms with Crippen LogP contribution in [0.15, 0.2) is 18.2 Å². The monoisotopic (exact) mass is 465 g/mol. The van der Waals surface area contributed by atoms with Gasteiger partial charge in [0.05, 0.1) is 6.10 Å². The Hall–Kier alpha value is -2.25. The summed E-state index contributed by atoms with van der Waals surface area (Å²) in [4.78, 5) is 41.2. The smallest absolute Gasteiger partial charge is 0.255 e. The second-order valence-corrected chi connectivity index (χ2v) is 11.2. The third-order valence-corrected chi connectivity index (χ3v) is 9.33. The van der Waals surface area contributed by atoms with Crippen molar-refractivity contribution >= 4 is 17.7 Å². The Morgan fingerprint density at radius 2 is 1.94 bits per heavy atom. The lowest BCUT2D eigenvalue weighted by molar-refractivity contribution is -0.136. The van der Waals surface area contributed by atoms with Crippen LogP contribution in [-0.2, 0) is 26.3 Å². The van der Waals surface area contributed by atoms with Crippen LogP contribution in [0.25, 0.3) is 0 Å². The molecule has 0 aromatic heterocycles. The van der Waals surface area contributed by atoms with E-state index in [1.165, 1.54) is 57.2 Å². The molecule has 0 radical (unpaired) electrons. The number of carbonyl (C=O) groups is 3. The molecule has 1 aromatic rings. The van der Waals surface area contributed by atoms with Crippen LogP contribution in [0, 0.1) is 11.8 Å². The summed E-state index contributed by atoms with van der Waals surface area (Å²) in [5.74, 6) is 0.834. The van der Waals surface area contributed by atoms with Crippen molar-refractivity contribution in [3.63, 3.8) is 0 Å². The minimum atomic E-state index is -0.546. The van der Waals surface area contributed by atoms with Crippen molar-refractivity contribution in [1.29, 1.82) is 0 Å². The Morgan fingerprint density at radius 1 is 1.12 bits per heavy atom. The molecule has 1 aromatic carbocycles. The number of nitrogens with zero attached hydrogens (tertiary/aromatic N) is 2. The number of hydrogen-bond donors (Lipinski definition) is 1. The number of benzene rings is 1. The molecule has 3 heterocycles. The van der Waals surface area contributed by atoms with Gasteiger partial charge in [0, 0.05) is 44.1 Å². The lowest BCUT2D eigenvalue weighted by Crippen LogP contribution is -2.52. The minimum Gasteiger partial charge on any atom is -0.381 e. The summed E-state index contributed by atoms with van der Waals surface area (Å²) < 4.78 is 5.53. The third kappa shape index (κ3) is 3.77. The van der Waals surface area contributed by atoms with Crippen LogP contribution in [0.2, 0.25) is 0 Å². The fourth-order valence-electron chi connectivity index (χ4n) is 7.15. The lowest BCUT2D eigenvalue weighted by atomic mass is 9.84. The number of imide groups is 1. The fraction of sp³-hybridized carbons (Fsp3) is 0.667. The fourth-order valence-corrected chi connectivity index (χ4v) is 7.15. The average molecular weight is 466 g/mol. The van der Waals surface area contributed by atoms with E-state index < -0.39 is 6.04 Å². The van der Waals surface area contributed by atoms with E-state index in [-0.39, 0.29) is 29.6 Å². The maximum Gasteiger partial charge on any atom is 0.255 e. The molecule has 1 N–H and O–H groups in total. The average Bonchev–Trinajstić information content (AvgIpc) is 3.49. The summed E-state index contributed by atoms with van der Waals surface area (Å²) in [5.41, 5.74) is 3.38. The maximum atomic E-state index is 13.0. The molecule has 6 rings (SSSR count). The highest BCUT2D eigenvalue weighted by atomic mass is 16.5. The van der Waals surface area contributed by atoms with Gasteiger partial charge in [-0.15, -0.1) is 0 Å². The van der Waals surface area contributed by atoms with Gasteiger partial charge in [0.15, 0.2) is 0 Å². The van der Waals surface area contributed by atoms with E-state index in [0.717, 1.165) is 18.0 Å². The molecule has 2 saturated carbocycles. The highest BCUT2D eigenvalue weighted by Gasteiger charge is 2.57. The maximum absolute atomic E-state index is 13.0. The molecule has 4 fully saturated rings. The largest absolute Gasteiger partial charge is 0.381 e. The lowest BCUT2D eigenvalue weighted by Gasteiger charge is -2.36. The Balaban J connectivity index is 1.10. The number of nitrogens with one attached hydrogen (secondary N) is 1. The van der Waals surface area contributed by atoms with Gasteiger partial charge in [-0.2, -0.15) is 0 Å². The molecule has 1 unspecified atom stereocenters. The minimum absolute atomic E-state index is 0.0843. The predicted octanol–water partition coefficient (Wildman–Crippen LogP) is 2.62. The molecule has 5 aliphatic rings. The Labute approximate surface area is 201 Å². The van der Waals surface area contributed by atoms with E-state index in [2.05, 4.69) is 22.3 Å². The highest BCUT2D eigenvalue weighted by Crippen LogP contribution is 2.59. The van der Waals surface area contributed by atoms with Crippen LogP contribution in [0.3, 0.4) is 0 Å². The van der Waals surface area contributed by atoms with Crippen molar-refractivity contribution in [1.82, 2.24) is 15.1 Å². The van der Waals surface area contributed by atoms with Gasteiger partial charge in [0.25, 0.3) is 5.91 Å². The number of ether oxygens (including phenoxy) is 1. The summed E-state index contributed by atoms with van der Waals surface area (Å²) in [6.07, 6.45) is 8.56. The van der Waals surface area contributed by atoms with E-state index in [1.54, 1.807) is 4.90 Å². The zero-order valence-electron chi connectivity index (χ0n) is 20.1. The van der Waals surface area contributed by atoms with Gasteiger partial charge in [-0.3, -0.25) is 19.7 Å². The van der Waals surface area contributed by atoms with E-state index >= 15 is 0 Å².